The van der Waals surface area contributed by atoms with Crippen LogP contribution in [0.25, 0.3) is 0 Å². The molecule has 0 saturated heterocycles. The third-order valence-corrected chi connectivity index (χ3v) is 2.87. The minimum absolute atomic E-state index is 0.245. The van der Waals surface area contributed by atoms with Gasteiger partial charge in [0.2, 0.25) is 0 Å². The van der Waals surface area contributed by atoms with Crippen LogP contribution in [0.3, 0.4) is 0 Å². The first-order chi connectivity index (χ1) is 10.2. The molecule has 0 fully saturated rings. The van der Waals surface area contributed by atoms with Gasteiger partial charge in [-0.2, -0.15) is 0 Å². The Hall–Kier alpha value is -2.50. The molecule has 0 aromatic carbocycles. The van der Waals surface area contributed by atoms with Gasteiger partial charge in [-0.25, -0.2) is 9.97 Å². The van der Waals surface area contributed by atoms with E-state index in [4.69, 9.17) is 0 Å². The molecule has 2 heterocycles. The number of anilines is 1. The molecule has 0 aliphatic rings. The Labute approximate surface area is 124 Å². The number of carbonyl (C=O) groups excluding carboxylic acids is 1. The third-order valence-electron chi connectivity index (χ3n) is 2.87. The molecule has 0 aliphatic carbocycles. The highest BCUT2D eigenvalue weighted by Crippen LogP contribution is 2.02. The minimum atomic E-state index is -0.245. The van der Waals surface area contributed by atoms with Crippen LogP contribution in [-0.4, -0.2) is 27.4 Å². The summed E-state index contributed by atoms with van der Waals surface area (Å²) in [6, 6.07) is 3.85. The summed E-state index contributed by atoms with van der Waals surface area (Å²) in [6.45, 7) is 5.25. The molecule has 2 aromatic rings. The average Bonchev–Trinajstić information content (AvgIpc) is 2.52. The monoisotopic (exact) mass is 285 g/mol. The zero-order valence-corrected chi connectivity index (χ0v) is 12.3. The van der Waals surface area contributed by atoms with Crippen LogP contribution >= 0.6 is 0 Å². The van der Waals surface area contributed by atoms with Gasteiger partial charge in [-0.05, 0) is 25.0 Å². The van der Waals surface area contributed by atoms with Gasteiger partial charge in [0, 0.05) is 25.0 Å². The number of aromatic nitrogens is 3. The average molecular weight is 285 g/mol. The fourth-order valence-electron chi connectivity index (χ4n) is 1.67. The maximum absolute atomic E-state index is 12.0. The lowest BCUT2D eigenvalue weighted by molar-refractivity contribution is 0.0945. The Balaban J connectivity index is 1.89. The van der Waals surface area contributed by atoms with Crippen molar-refractivity contribution in [2.24, 2.45) is 0 Å². The Bertz CT molecular complexity index is 580. The highest BCUT2D eigenvalue weighted by atomic mass is 16.1. The summed E-state index contributed by atoms with van der Waals surface area (Å²) in [6.07, 6.45) is 5.80. The summed E-state index contributed by atoms with van der Waals surface area (Å²) in [5, 5.41) is 5.91. The molecule has 2 aromatic heterocycles. The van der Waals surface area contributed by atoms with Gasteiger partial charge in [-0.1, -0.05) is 13.0 Å². The van der Waals surface area contributed by atoms with E-state index in [-0.39, 0.29) is 5.91 Å². The zero-order valence-electron chi connectivity index (χ0n) is 12.3. The topological polar surface area (TPSA) is 79.8 Å². The molecule has 6 nitrogen and oxygen atoms in total. The number of pyridine rings is 1. The largest absolute Gasteiger partial charge is 0.369 e. The van der Waals surface area contributed by atoms with E-state index in [2.05, 4.69) is 32.5 Å². The molecule has 0 saturated carbocycles. The molecule has 0 spiro atoms. The van der Waals surface area contributed by atoms with Crippen LogP contribution in [0.2, 0.25) is 0 Å². The maximum Gasteiger partial charge on any atom is 0.271 e. The number of nitrogens with zero attached hydrogens (tertiary/aromatic N) is 3. The lowest BCUT2D eigenvalue weighted by atomic mass is 10.2. The molecule has 2 rings (SSSR count). The first kappa shape index (κ1) is 14.9. The lowest BCUT2D eigenvalue weighted by Gasteiger charge is -2.06. The smallest absolute Gasteiger partial charge is 0.271 e. The maximum atomic E-state index is 12.0. The molecule has 0 radical (unpaired) electrons. The van der Waals surface area contributed by atoms with Crippen molar-refractivity contribution in [1.29, 1.82) is 0 Å². The summed E-state index contributed by atoms with van der Waals surface area (Å²) >= 11 is 0. The minimum Gasteiger partial charge on any atom is -0.369 e. The molecule has 110 valence electrons. The molecule has 6 heteroatoms. The standard InChI is InChI=1S/C15H19N5O/c1-3-6-16-14-10-18-13(9-19-14)15(21)20-8-12-5-4-11(2)17-7-12/h4-5,7,9-10H,3,6,8H2,1-2H3,(H,16,19)(H,20,21). The van der Waals surface area contributed by atoms with Crippen molar-refractivity contribution in [3.63, 3.8) is 0 Å². The Morgan fingerprint density at radius 3 is 2.62 bits per heavy atom. The van der Waals surface area contributed by atoms with E-state index in [0.717, 1.165) is 24.2 Å². The molecule has 0 bridgehead atoms. The fourth-order valence-corrected chi connectivity index (χ4v) is 1.67. The molecule has 1 amide bonds. The number of hydrogen-bond acceptors (Lipinski definition) is 5. The van der Waals surface area contributed by atoms with Crippen LogP contribution in [0, 0.1) is 6.92 Å². The number of aryl methyl sites for hydroxylation is 1. The summed E-state index contributed by atoms with van der Waals surface area (Å²) in [7, 11) is 0. The first-order valence-corrected chi connectivity index (χ1v) is 6.94. The van der Waals surface area contributed by atoms with E-state index in [0.29, 0.717) is 18.1 Å². The van der Waals surface area contributed by atoms with Crippen molar-refractivity contribution in [2.75, 3.05) is 11.9 Å². The van der Waals surface area contributed by atoms with E-state index >= 15 is 0 Å². The van der Waals surface area contributed by atoms with Gasteiger partial charge in [0.15, 0.2) is 0 Å². The van der Waals surface area contributed by atoms with Gasteiger partial charge in [0.25, 0.3) is 5.91 Å². The Morgan fingerprint density at radius 2 is 2.00 bits per heavy atom. The number of amides is 1. The number of rotatable bonds is 6. The normalized spacial score (nSPS) is 10.2. The lowest BCUT2D eigenvalue weighted by Crippen LogP contribution is -2.24. The first-order valence-electron chi connectivity index (χ1n) is 6.94. The van der Waals surface area contributed by atoms with Crippen molar-refractivity contribution in [1.82, 2.24) is 20.3 Å². The zero-order chi connectivity index (χ0) is 15.1. The second-order valence-electron chi connectivity index (χ2n) is 4.70. The van der Waals surface area contributed by atoms with Crippen molar-refractivity contribution >= 4 is 11.7 Å². The molecule has 0 unspecified atom stereocenters. The molecule has 0 atom stereocenters. The fraction of sp³-hybridized carbons (Fsp3) is 0.333. The number of nitrogens with one attached hydrogen (secondary N) is 2. The van der Waals surface area contributed by atoms with Gasteiger partial charge >= 0.3 is 0 Å². The van der Waals surface area contributed by atoms with Crippen LogP contribution in [0.1, 0.15) is 35.1 Å². The predicted octanol–water partition coefficient (Wildman–Crippen LogP) is 1.93. The Kier molecular flexibility index (Phi) is 5.20. The predicted molar refractivity (Wildman–Crippen MR) is 81.0 cm³/mol. The van der Waals surface area contributed by atoms with Crippen LogP contribution in [-0.2, 0) is 6.54 Å². The quantitative estimate of drug-likeness (QED) is 0.847. The van der Waals surface area contributed by atoms with E-state index in [1.54, 1.807) is 12.4 Å². The van der Waals surface area contributed by atoms with Gasteiger partial charge < -0.3 is 10.6 Å². The van der Waals surface area contributed by atoms with Gasteiger partial charge in [0.05, 0.1) is 12.4 Å². The number of hydrogen-bond donors (Lipinski definition) is 2. The molecule has 21 heavy (non-hydrogen) atoms. The van der Waals surface area contributed by atoms with Crippen molar-refractivity contribution in [3.05, 3.63) is 47.7 Å². The molecule has 2 N–H and O–H groups in total. The SMILES string of the molecule is CCCNc1cnc(C(=O)NCc2ccc(C)nc2)cn1. The van der Waals surface area contributed by atoms with Gasteiger partial charge in [-0.3, -0.25) is 9.78 Å². The van der Waals surface area contributed by atoms with Crippen LogP contribution in [0.5, 0.6) is 0 Å². The summed E-state index contributed by atoms with van der Waals surface area (Å²) < 4.78 is 0. The summed E-state index contributed by atoms with van der Waals surface area (Å²) in [5.41, 5.74) is 2.20. The van der Waals surface area contributed by atoms with E-state index in [1.807, 2.05) is 19.1 Å². The second kappa shape index (κ2) is 7.33. The Morgan fingerprint density at radius 1 is 1.14 bits per heavy atom. The molecular formula is C15H19N5O. The summed E-state index contributed by atoms with van der Waals surface area (Å²) in [4.78, 5) is 24.4. The second-order valence-corrected chi connectivity index (χ2v) is 4.70. The van der Waals surface area contributed by atoms with Gasteiger partial charge in [0.1, 0.15) is 11.5 Å². The van der Waals surface area contributed by atoms with Crippen molar-refractivity contribution < 1.29 is 4.79 Å². The van der Waals surface area contributed by atoms with Crippen molar-refractivity contribution in [2.45, 2.75) is 26.8 Å². The highest BCUT2D eigenvalue weighted by Gasteiger charge is 2.07. The third kappa shape index (κ3) is 4.52. The van der Waals surface area contributed by atoms with Gasteiger partial charge in [-0.15, -0.1) is 0 Å². The highest BCUT2D eigenvalue weighted by molar-refractivity contribution is 5.91. The van der Waals surface area contributed by atoms with Crippen LogP contribution < -0.4 is 10.6 Å². The number of carbonyl (C=O) groups is 1. The molecule has 0 aliphatic heterocycles. The van der Waals surface area contributed by atoms with E-state index in [1.165, 1.54) is 6.20 Å². The summed E-state index contributed by atoms with van der Waals surface area (Å²) in [5.74, 6) is 0.432. The van der Waals surface area contributed by atoms with Crippen LogP contribution in [0.15, 0.2) is 30.7 Å². The van der Waals surface area contributed by atoms with E-state index < -0.39 is 0 Å². The molecular weight excluding hydrogens is 266 g/mol. The van der Waals surface area contributed by atoms with E-state index in [9.17, 15) is 4.79 Å². The van der Waals surface area contributed by atoms with Crippen molar-refractivity contribution in [3.8, 4) is 0 Å². The van der Waals surface area contributed by atoms with Crippen LogP contribution in [0.4, 0.5) is 5.82 Å².